The molecule has 136 valence electrons. The van der Waals surface area contributed by atoms with Gasteiger partial charge in [0.2, 0.25) is 5.91 Å². The van der Waals surface area contributed by atoms with Crippen LogP contribution < -0.4 is 5.32 Å². The number of carboxylic acid groups (broad SMARTS) is 2. The number of carbonyl (C=O) groups is 3. The van der Waals surface area contributed by atoms with Crippen LogP contribution >= 0.6 is 0 Å². The van der Waals surface area contributed by atoms with E-state index in [1.54, 1.807) is 6.92 Å². The van der Waals surface area contributed by atoms with Crippen LogP contribution in [0, 0.1) is 0 Å². The second-order valence-corrected chi connectivity index (χ2v) is 6.33. The second kappa shape index (κ2) is 8.62. The molecule has 1 heterocycles. The maximum Gasteiger partial charge on any atom is 0.326 e. The van der Waals surface area contributed by atoms with E-state index >= 15 is 0 Å². The third kappa shape index (κ3) is 5.03. The molecule has 0 spiro atoms. The predicted octanol–water partition coefficient (Wildman–Crippen LogP) is 1.13. The van der Waals surface area contributed by atoms with Gasteiger partial charge in [0.25, 0.3) is 0 Å². The van der Waals surface area contributed by atoms with Gasteiger partial charge in [-0.3, -0.25) is 14.9 Å². The van der Waals surface area contributed by atoms with E-state index in [0.29, 0.717) is 32.2 Å². The van der Waals surface area contributed by atoms with Crippen molar-refractivity contribution in [2.24, 2.45) is 0 Å². The molecule has 0 aromatic heterocycles. The molecule has 1 aromatic carbocycles. The number of hydrogen-bond acceptors (Lipinski definition) is 4. The first-order valence-corrected chi connectivity index (χ1v) is 8.46. The predicted molar refractivity (Wildman–Crippen MR) is 91.2 cm³/mol. The summed E-state index contributed by atoms with van der Waals surface area (Å²) in [5.74, 6) is -2.40. The van der Waals surface area contributed by atoms with Crippen molar-refractivity contribution in [2.75, 3.05) is 6.54 Å². The second-order valence-electron chi connectivity index (χ2n) is 6.33. The molecular formula is C18H24N2O5. The molecule has 0 radical (unpaired) electrons. The molecular weight excluding hydrogens is 324 g/mol. The summed E-state index contributed by atoms with van der Waals surface area (Å²) in [5.41, 5.74) is 1.03. The van der Waals surface area contributed by atoms with Crippen molar-refractivity contribution in [1.29, 1.82) is 0 Å². The number of carboxylic acids is 2. The highest BCUT2D eigenvalue weighted by Gasteiger charge is 2.36. The number of nitrogens with zero attached hydrogens (tertiary/aromatic N) is 1. The van der Waals surface area contributed by atoms with Crippen LogP contribution in [0.5, 0.6) is 0 Å². The zero-order valence-corrected chi connectivity index (χ0v) is 14.2. The first kappa shape index (κ1) is 18.9. The Bertz CT molecular complexity index is 619. The minimum atomic E-state index is -1.02. The van der Waals surface area contributed by atoms with Crippen LogP contribution in [0.15, 0.2) is 30.3 Å². The van der Waals surface area contributed by atoms with Crippen molar-refractivity contribution < 1.29 is 24.6 Å². The molecule has 1 saturated heterocycles. The SMILES string of the molecule is C[C@H](N[C@@H](CCc1ccccc1)C(=O)O)C(=O)N1CCCC1C(=O)O. The Kier molecular flexibility index (Phi) is 6.52. The summed E-state index contributed by atoms with van der Waals surface area (Å²) in [5, 5.41) is 21.4. The molecule has 7 nitrogen and oxygen atoms in total. The van der Waals surface area contributed by atoms with Crippen molar-refractivity contribution in [3.8, 4) is 0 Å². The standard InChI is InChI=1S/C18H24N2O5/c1-12(16(21)20-11-5-8-15(20)18(24)25)19-14(17(22)23)10-9-13-6-3-2-4-7-13/h2-4,6-7,12,14-15,19H,5,8-11H2,1H3,(H,22,23)(H,24,25)/t12-,14-,15?/m0/s1. The molecule has 0 bridgehead atoms. The fourth-order valence-corrected chi connectivity index (χ4v) is 3.14. The lowest BCUT2D eigenvalue weighted by atomic mass is 10.0. The summed E-state index contributed by atoms with van der Waals surface area (Å²) >= 11 is 0. The number of rotatable bonds is 8. The highest BCUT2D eigenvalue weighted by molar-refractivity contribution is 5.88. The molecule has 1 unspecified atom stereocenters. The average Bonchev–Trinajstić information content (AvgIpc) is 3.08. The van der Waals surface area contributed by atoms with E-state index in [4.69, 9.17) is 0 Å². The Morgan fingerprint density at radius 3 is 2.52 bits per heavy atom. The Morgan fingerprint density at radius 2 is 1.92 bits per heavy atom. The maximum absolute atomic E-state index is 12.5. The number of nitrogens with one attached hydrogen (secondary N) is 1. The Balaban J connectivity index is 1.95. The third-order valence-electron chi connectivity index (χ3n) is 4.51. The summed E-state index contributed by atoms with van der Waals surface area (Å²) in [7, 11) is 0. The number of hydrogen-bond donors (Lipinski definition) is 3. The van der Waals surface area contributed by atoms with Crippen molar-refractivity contribution in [2.45, 2.75) is 50.7 Å². The molecule has 1 fully saturated rings. The highest BCUT2D eigenvalue weighted by atomic mass is 16.4. The molecule has 1 amide bonds. The monoisotopic (exact) mass is 348 g/mol. The molecule has 25 heavy (non-hydrogen) atoms. The zero-order valence-electron chi connectivity index (χ0n) is 14.2. The summed E-state index contributed by atoms with van der Waals surface area (Å²) < 4.78 is 0. The molecule has 7 heteroatoms. The third-order valence-corrected chi connectivity index (χ3v) is 4.51. The molecule has 1 aliphatic heterocycles. The van der Waals surface area contributed by atoms with E-state index in [0.717, 1.165) is 5.56 Å². The van der Waals surface area contributed by atoms with Gasteiger partial charge in [0.1, 0.15) is 12.1 Å². The van der Waals surface area contributed by atoms with Crippen LogP contribution in [-0.4, -0.2) is 57.6 Å². The normalized spacial score (nSPS) is 19.4. The lowest BCUT2D eigenvalue weighted by molar-refractivity contribution is -0.149. The van der Waals surface area contributed by atoms with E-state index in [9.17, 15) is 24.6 Å². The van der Waals surface area contributed by atoms with Gasteiger partial charge in [-0.1, -0.05) is 30.3 Å². The topological polar surface area (TPSA) is 107 Å². The fourth-order valence-electron chi connectivity index (χ4n) is 3.14. The summed E-state index contributed by atoms with van der Waals surface area (Å²) in [6.07, 6.45) is 2.00. The van der Waals surface area contributed by atoms with Gasteiger partial charge in [-0.05, 0) is 38.2 Å². The number of likely N-dealkylation sites (tertiary alicyclic amines) is 1. The van der Waals surface area contributed by atoms with Gasteiger partial charge >= 0.3 is 11.9 Å². The van der Waals surface area contributed by atoms with E-state index in [-0.39, 0.29) is 5.91 Å². The van der Waals surface area contributed by atoms with Crippen molar-refractivity contribution in [3.63, 3.8) is 0 Å². The van der Waals surface area contributed by atoms with E-state index in [1.807, 2.05) is 30.3 Å². The number of benzene rings is 1. The van der Waals surface area contributed by atoms with Crippen LogP contribution in [-0.2, 0) is 20.8 Å². The van der Waals surface area contributed by atoms with Gasteiger partial charge < -0.3 is 15.1 Å². The molecule has 0 aliphatic carbocycles. The van der Waals surface area contributed by atoms with Crippen LogP contribution in [0.1, 0.15) is 31.7 Å². The Hall–Kier alpha value is -2.41. The fraction of sp³-hybridized carbons (Fsp3) is 0.500. The first-order chi connectivity index (χ1) is 11.9. The highest BCUT2D eigenvalue weighted by Crippen LogP contribution is 2.18. The van der Waals surface area contributed by atoms with Crippen LogP contribution in [0.4, 0.5) is 0 Å². The Labute approximate surface area is 146 Å². The smallest absolute Gasteiger partial charge is 0.326 e. The molecule has 2 rings (SSSR count). The quantitative estimate of drug-likeness (QED) is 0.650. The van der Waals surface area contributed by atoms with Crippen LogP contribution in [0.3, 0.4) is 0 Å². The van der Waals surface area contributed by atoms with Crippen LogP contribution in [0.2, 0.25) is 0 Å². The maximum atomic E-state index is 12.5. The average molecular weight is 348 g/mol. The molecule has 1 aliphatic rings. The van der Waals surface area contributed by atoms with Gasteiger partial charge in [-0.25, -0.2) is 4.79 Å². The number of aliphatic carboxylic acids is 2. The van der Waals surface area contributed by atoms with Gasteiger partial charge in [0.15, 0.2) is 0 Å². The van der Waals surface area contributed by atoms with Gasteiger partial charge in [-0.2, -0.15) is 0 Å². The van der Waals surface area contributed by atoms with Gasteiger partial charge in [0, 0.05) is 6.54 Å². The minimum absolute atomic E-state index is 0.347. The summed E-state index contributed by atoms with van der Waals surface area (Å²) in [4.78, 5) is 36.5. The molecule has 1 aromatic rings. The summed E-state index contributed by atoms with van der Waals surface area (Å²) in [6, 6.07) is 7.09. The van der Waals surface area contributed by atoms with Crippen molar-refractivity contribution in [3.05, 3.63) is 35.9 Å². The lowest BCUT2D eigenvalue weighted by Crippen LogP contribution is -2.53. The largest absolute Gasteiger partial charge is 0.480 e. The van der Waals surface area contributed by atoms with E-state index < -0.39 is 30.1 Å². The zero-order chi connectivity index (χ0) is 18.4. The van der Waals surface area contributed by atoms with Crippen LogP contribution in [0.25, 0.3) is 0 Å². The van der Waals surface area contributed by atoms with E-state index in [1.165, 1.54) is 4.90 Å². The van der Waals surface area contributed by atoms with Gasteiger partial charge in [0.05, 0.1) is 6.04 Å². The van der Waals surface area contributed by atoms with Crippen molar-refractivity contribution >= 4 is 17.8 Å². The number of amides is 1. The van der Waals surface area contributed by atoms with Crippen molar-refractivity contribution in [1.82, 2.24) is 10.2 Å². The Morgan fingerprint density at radius 1 is 1.24 bits per heavy atom. The molecule has 0 saturated carbocycles. The summed E-state index contributed by atoms with van der Waals surface area (Å²) in [6.45, 7) is 1.97. The first-order valence-electron chi connectivity index (χ1n) is 8.46. The minimum Gasteiger partial charge on any atom is -0.480 e. The number of carbonyl (C=O) groups excluding carboxylic acids is 1. The lowest BCUT2D eigenvalue weighted by Gasteiger charge is -2.27. The van der Waals surface area contributed by atoms with E-state index in [2.05, 4.69) is 5.32 Å². The molecule has 3 atom stereocenters. The van der Waals surface area contributed by atoms with Gasteiger partial charge in [-0.15, -0.1) is 0 Å². The number of aryl methyl sites for hydroxylation is 1. The molecule has 3 N–H and O–H groups in total.